The van der Waals surface area contributed by atoms with E-state index in [2.05, 4.69) is 15.2 Å². The molecule has 1 aromatic carbocycles. The summed E-state index contributed by atoms with van der Waals surface area (Å²) >= 11 is 0. The molecule has 0 spiro atoms. The van der Waals surface area contributed by atoms with Crippen molar-refractivity contribution in [2.75, 3.05) is 39.4 Å². The summed E-state index contributed by atoms with van der Waals surface area (Å²) in [6, 6.07) is 7.86. The maximum atomic E-state index is 12.4. The van der Waals surface area contributed by atoms with Gasteiger partial charge in [0.1, 0.15) is 5.69 Å². The van der Waals surface area contributed by atoms with Crippen LogP contribution in [0.5, 0.6) is 0 Å². The number of H-pyrrole nitrogens is 1. The summed E-state index contributed by atoms with van der Waals surface area (Å²) in [5.74, 6) is -0.203. The van der Waals surface area contributed by atoms with Crippen molar-refractivity contribution in [2.45, 2.75) is 19.4 Å². The fourth-order valence-electron chi connectivity index (χ4n) is 3.03. The Morgan fingerprint density at radius 3 is 2.88 bits per heavy atom. The molecule has 1 aromatic heterocycles. The average molecular weight is 331 g/mol. The molecular weight excluding hydrogens is 306 g/mol. The van der Waals surface area contributed by atoms with E-state index in [9.17, 15) is 9.90 Å². The molecule has 2 heterocycles. The highest BCUT2D eigenvalue weighted by Crippen LogP contribution is 2.17. The SMILES string of the molecule is Cc1ccc2cc(C(=O)NCC(C)(O)CN3CCOCC3)[nH]c2c1. The van der Waals surface area contributed by atoms with Crippen molar-refractivity contribution >= 4 is 16.8 Å². The van der Waals surface area contributed by atoms with E-state index in [-0.39, 0.29) is 12.5 Å². The van der Waals surface area contributed by atoms with Gasteiger partial charge in [-0.2, -0.15) is 0 Å². The number of aryl methyl sites for hydroxylation is 1. The van der Waals surface area contributed by atoms with Gasteiger partial charge in [-0.1, -0.05) is 12.1 Å². The zero-order valence-corrected chi connectivity index (χ0v) is 14.3. The van der Waals surface area contributed by atoms with Crippen LogP contribution >= 0.6 is 0 Å². The van der Waals surface area contributed by atoms with Crippen LogP contribution in [-0.2, 0) is 4.74 Å². The molecule has 0 saturated carbocycles. The van der Waals surface area contributed by atoms with Crippen LogP contribution in [0, 0.1) is 6.92 Å². The van der Waals surface area contributed by atoms with Gasteiger partial charge in [-0.15, -0.1) is 0 Å². The molecule has 3 rings (SSSR count). The molecule has 130 valence electrons. The van der Waals surface area contributed by atoms with Gasteiger partial charge in [0, 0.05) is 37.1 Å². The molecule has 1 saturated heterocycles. The lowest BCUT2D eigenvalue weighted by atomic mass is 10.1. The maximum Gasteiger partial charge on any atom is 0.267 e. The standard InChI is InChI=1S/C18H25N3O3/c1-13-3-4-14-10-16(20-15(14)9-13)17(22)19-11-18(2,23)12-21-5-7-24-8-6-21/h3-4,9-10,20,23H,5-8,11-12H2,1-2H3,(H,19,22). The monoisotopic (exact) mass is 331 g/mol. The fourth-order valence-corrected chi connectivity index (χ4v) is 3.03. The molecule has 1 atom stereocenters. The molecule has 0 bridgehead atoms. The van der Waals surface area contributed by atoms with E-state index in [4.69, 9.17) is 4.74 Å². The van der Waals surface area contributed by atoms with Crippen LogP contribution in [0.4, 0.5) is 0 Å². The van der Waals surface area contributed by atoms with Crippen LogP contribution in [0.1, 0.15) is 23.0 Å². The predicted octanol–water partition coefficient (Wildman–Crippen LogP) is 1.29. The van der Waals surface area contributed by atoms with Crippen molar-refractivity contribution < 1.29 is 14.6 Å². The van der Waals surface area contributed by atoms with Crippen LogP contribution in [0.25, 0.3) is 10.9 Å². The van der Waals surface area contributed by atoms with Gasteiger partial charge in [0.2, 0.25) is 0 Å². The third kappa shape index (κ3) is 4.14. The summed E-state index contributed by atoms with van der Waals surface area (Å²) in [7, 11) is 0. The van der Waals surface area contributed by atoms with Gasteiger partial charge in [-0.3, -0.25) is 9.69 Å². The first kappa shape index (κ1) is 17.0. The summed E-state index contributed by atoms with van der Waals surface area (Å²) < 4.78 is 5.31. The smallest absolute Gasteiger partial charge is 0.267 e. The van der Waals surface area contributed by atoms with Gasteiger partial charge in [0.05, 0.1) is 18.8 Å². The number of nitrogens with one attached hydrogen (secondary N) is 2. The van der Waals surface area contributed by atoms with E-state index in [1.165, 1.54) is 0 Å². The van der Waals surface area contributed by atoms with Crippen molar-refractivity contribution in [2.24, 2.45) is 0 Å². The highest BCUT2D eigenvalue weighted by atomic mass is 16.5. The lowest BCUT2D eigenvalue weighted by molar-refractivity contribution is -0.0213. The van der Waals surface area contributed by atoms with Gasteiger partial charge in [-0.25, -0.2) is 0 Å². The number of β-amino-alcohol motifs (C(OH)–C–C–N with tert-alkyl or cyclic N) is 1. The molecule has 0 aliphatic carbocycles. The zero-order valence-electron chi connectivity index (χ0n) is 14.3. The predicted molar refractivity (Wildman–Crippen MR) is 93.3 cm³/mol. The Morgan fingerprint density at radius 2 is 2.12 bits per heavy atom. The van der Waals surface area contributed by atoms with E-state index >= 15 is 0 Å². The second-order valence-corrected chi connectivity index (χ2v) is 6.84. The number of hydrogen-bond donors (Lipinski definition) is 3. The van der Waals surface area contributed by atoms with Crippen molar-refractivity contribution in [3.05, 3.63) is 35.5 Å². The number of carbonyl (C=O) groups is 1. The lowest BCUT2D eigenvalue weighted by Gasteiger charge is -2.33. The Morgan fingerprint density at radius 1 is 1.38 bits per heavy atom. The minimum atomic E-state index is -0.977. The van der Waals surface area contributed by atoms with Crippen molar-refractivity contribution in [1.82, 2.24) is 15.2 Å². The number of aromatic amines is 1. The minimum absolute atomic E-state index is 0.203. The second-order valence-electron chi connectivity index (χ2n) is 6.84. The minimum Gasteiger partial charge on any atom is -0.387 e. The summed E-state index contributed by atoms with van der Waals surface area (Å²) in [5.41, 5.74) is 1.62. The van der Waals surface area contributed by atoms with Crippen LogP contribution < -0.4 is 5.32 Å². The van der Waals surface area contributed by atoms with Gasteiger partial charge in [-0.05, 0) is 31.5 Å². The van der Waals surface area contributed by atoms with E-state index in [0.29, 0.717) is 25.5 Å². The van der Waals surface area contributed by atoms with Crippen LogP contribution in [-0.4, -0.2) is 65.9 Å². The molecule has 1 unspecified atom stereocenters. The summed E-state index contributed by atoms with van der Waals surface area (Å²) in [6.07, 6.45) is 0. The Bertz CT molecular complexity index is 717. The number of rotatable bonds is 5. The lowest BCUT2D eigenvalue weighted by Crippen LogP contribution is -2.51. The van der Waals surface area contributed by atoms with Gasteiger partial charge < -0.3 is 20.1 Å². The Kier molecular flexibility index (Phi) is 4.89. The maximum absolute atomic E-state index is 12.4. The topological polar surface area (TPSA) is 77.6 Å². The number of fused-ring (bicyclic) bond motifs is 1. The number of benzene rings is 1. The van der Waals surface area contributed by atoms with Crippen LogP contribution in [0.2, 0.25) is 0 Å². The van der Waals surface area contributed by atoms with Crippen LogP contribution in [0.3, 0.4) is 0 Å². The highest BCUT2D eigenvalue weighted by Gasteiger charge is 2.26. The summed E-state index contributed by atoms with van der Waals surface area (Å²) in [4.78, 5) is 17.6. The Labute approximate surface area is 141 Å². The highest BCUT2D eigenvalue weighted by molar-refractivity contribution is 5.98. The number of aromatic nitrogens is 1. The first-order valence-corrected chi connectivity index (χ1v) is 8.33. The van der Waals surface area contributed by atoms with E-state index in [1.54, 1.807) is 6.92 Å². The molecule has 1 aliphatic heterocycles. The number of hydrogen-bond acceptors (Lipinski definition) is 4. The fraction of sp³-hybridized carbons (Fsp3) is 0.500. The number of morpholine rings is 1. The summed E-state index contributed by atoms with van der Waals surface area (Å²) in [5, 5.41) is 14.4. The molecule has 3 N–H and O–H groups in total. The van der Waals surface area contributed by atoms with Crippen molar-refractivity contribution in [1.29, 1.82) is 0 Å². The molecule has 6 heteroatoms. The number of ether oxygens (including phenoxy) is 1. The Balaban J connectivity index is 1.58. The number of nitrogens with zero attached hydrogens (tertiary/aromatic N) is 1. The molecule has 0 radical (unpaired) electrons. The third-order valence-electron chi connectivity index (χ3n) is 4.32. The Hall–Kier alpha value is -1.89. The summed E-state index contributed by atoms with van der Waals surface area (Å²) in [6.45, 7) is 7.49. The van der Waals surface area contributed by atoms with E-state index < -0.39 is 5.60 Å². The number of aliphatic hydroxyl groups is 1. The number of carbonyl (C=O) groups excluding carboxylic acids is 1. The van der Waals surface area contributed by atoms with Crippen LogP contribution in [0.15, 0.2) is 24.3 Å². The normalized spacial score (nSPS) is 18.5. The molecule has 1 fully saturated rings. The van der Waals surface area contributed by atoms with E-state index in [1.807, 2.05) is 31.2 Å². The van der Waals surface area contributed by atoms with E-state index in [0.717, 1.165) is 29.6 Å². The van der Waals surface area contributed by atoms with Crippen molar-refractivity contribution in [3.8, 4) is 0 Å². The average Bonchev–Trinajstić information content (AvgIpc) is 2.96. The molecule has 6 nitrogen and oxygen atoms in total. The number of amides is 1. The zero-order chi connectivity index (χ0) is 17.2. The largest absolute Gasteiger partial charge is 0.387 e. The van der Waals surface area contributed by atoms with Gasteiger partial charge in [0.15, 0.2) is 0 Å². The molecule has 1 amide bonds. The third-order valence-corrected chi connectivity index (χ3v) is 4.32. The van der Waals surface area contributed by atoms with Gasteiger partial charge in [0.25, 0.3) is 5.91 Å². The first-order chi connectivity index (χ1) is 11.4. The quantitative estimate of drug-likeness (QED) is 0.771. The first-order valence-electron chi connectivity index (χ1n) is 8.33. The second kappa shape index (κ2) is 6.93. The molecule has 24 heavy (non-hydrogen) atoms. The van der Waals surface area contributed by atoms with Crippen molar-refractivity contribution in [3.63, 3.8) is 0 Å². The molecule has 2 aromatic rings. The molecule has 1 aliphatic rings. The molecular formula is C18H25N3O3. The van der Waals surface area contributed by atoms with Gasteiger partial charge >= 0.3 is 0 Å².